The number of nitrogens with one attached hydrogen (secondary N) is 2. The third-order valence-electron chi connectivity index (χ3n) is 23.5. The number of aliphatic hydroxyl groups is 2. The molecule has 504 valence electrons. The first kappa shape index (κ1) is 66.5. The van der Waals surface area contributed by atoms with Gasteiger partial charge in [-0.05, 0) is 228 Å². The van der Waals surface area contributed by atoms with Crippen LogP contribution in [0.3, 0.4) is 0 Å². The van der Waals surface area contributed by atoms with Crippen LogP contribution in [0.2, 0.25) is 10.0 Å². The number of rotatable bonds is 4. The fraction of sp³-hybridized carbons (Fsp3) is 0.548. The fourth-order valence-electron chi connectivity index (χ4n) is 17.4. The second kappa shape index (κ2) is 26.4. The second-order valence-electron chi connectivity index (χ2n) is 29.4. The summed E-state index contributed by atoms with van der Waals surface area (Å²) in [5, 5.41) is 25.4. The highest BCUT2D eigenvalue weighted by Crippen LogP contribution is 2.52. The molecule has 6 aromatic rings. The Morgan fingerprint density at radius 1 is 0.585 bits per heavy atom. The lowest BCUT2D eigenvalue weighted by Crippen LogP contribution is -2.54. The Balaban J connectivity index is 0.000000171. The van der Waals surface area contributed by atoms with Crippen molar-refractivity contribution in [3.63, 3.8) is 0 Å². The van der Waals surface area contributed by atoms with E-state index in [4.69, 9.17) is 32.7 Å². The van der Waals surface area contributed by atoms with E-state index in [1.165, 1.54) is 22.3 Å². The molecular weight excluding hydrogens is 1270 g/mol. The van der Waals surface area contributed by atoms with Gasteiger partial charge in [0.15, 0.2) is 0 Å². The Kier molecular flexibility index (Phi) is 18.7. The molecular formula is C73H92Cl2N8O9S2. The molecule has 2 fully saturated rings. The molecule has 4 aromatic carbocycles. The topological polar surface area (TPSA) is 210 Å². The molecule has 1 unspecified atom stereocenters. The molecule has 4 N–H and O–H groups in total. The highest BCUT2D eigenvalue weighted by Gasteiger charge is 2.52. The van der Waals surface area contributed by atoms with Gasteiger partial charge in [-0.1, -0.05) is 62.0 Å². The van der Waals surface area contributed by atoms with Crippen molar-refractivity contribution in [3.05, 3.63) is 154 Å². The number of halogens is 2. The van der Waals surface area contributed by atoms with E-state index >= 15 is 0 Å². The summed E-state index contributed by atoms with van der Waals surface area (Å²) in [7, 11) is -6.89. The van der Waals surface area contributed by atoms with Gasteiger partial charge in [0.05, 0.1) is 76.5 Å². The monoisotopic (exact) mass is 1360 g/mol. The summed E-state index contributed by atoms with van der Waals surface area (Å²) in [6.45, 7) is 12.3. The van der Waals surface area contributed by atoms with Gasteiger partial charge in [0.25, 0.3) is 11.8 Å². The summed E-state index contributed by atoms with van der Waals surface area (Å²) in [5.74, 6) is 4.91. The third-order valence-corrected chi connectivity index (χ3v) is 28.1. The van der Waals surface area contributed by atoms with Crippen molar-refractivity contribution < 1.29 is 41.9 Å². The molecule has 21 heteroatoms. The highest BCUT2D eigenvalue weighted by molar-refractivity contribution is 7.99. The lowest BCUT2D eigenvalue weighted by Gasteiger charge is -2.50. The largest absolute Gasteiger partial charge is 0.490 e. The molecule has 4 bridgehead atoms. The summed E-state index contributed by atoms with van der Waals surface area (Å²) in [5.41, 5.74) is 4.99. The fourth-order valence-corrected chi connectivity index (χ4v) is 20.6. The molecule has 4 aliphatic heterocycles. The number of hydrogen-bond donors (Lipinski definition) is 4. The number of carbonyl (C=O) groups excluding carboxylic acids is 2. The average Bonchev–Trinajstić information content (AvgIpc) is 1.43. The van der Waals surface area contributed by atoms with E-state index in [2.05, 4.69) is 66.3 Å². The molecule has 2 saturated carbocycles. The van der Waals surface area contributed by atoms with Crippen molar-refractivity contribution in [1.82, 2.24) is 28.5 Å². The van der Waals surface area contributed by atoms with E-state index in [1.807, 2.05) is 59.6 Å². The van der Waals surface area contributed by atoms with Gasteiger partial charge in [0.1, 0.15) is 11.5 Å². The Morgan fingerprint density at radius 2 is 1.04 bits per heavy atom. The SMILES string of the molecule is C=S1(=O)NC(=O)c2ccc3c(c2)N(C[C@@H]2CC[C@H]2[C@@](O)(Cn2ccnc2)CCC[C@H](C)[C@H]1C)C[C@@]1(CCCc2cc(Cl)ccc21)CO3.C[C@@H]1[C@@H](C)CCC[C@@](O)(Cn2ccnc2)[C@@H]2CC[C@H]2CN2C[C@@]3(CCCc4cc(Cl)ccc43)COc3ccc(cc32)C(=O)NS1(=O)=O. The number of nitrogens with zero attached hydrogens (tertiary/aromatic N) is 6. The minimum atomic E-state index is -3.95. The van der Waals surface area contributed by atoms with Gasteiger partial charge in [-0.3, -0.25) is 14.3 Å². The molecule has 2 spiro atoms. The molecule has 4 aliphatic carbocycles. The number of ether oxygens (including phenoxy) is 2. The van der Waals surface area contributed by atoms with E-state index in [0.29, 0.717) is 76.4 Å². The van der Waals surface area contributed by atoms with E-state index in [-0.39, 0.29) is 63.1 Å². The Hall–Kier alpha value is -6.09. The van der Waals surface area contributed by atoms with E-state index in [9.17, 15) is 32.4 Å². The molecule has 14 rings (SSSR count). The predicted octanol–water partition coefficient (Wildman–Crippen LogP) is 11.8. The number of aryl methyl sites for hydroxylation is 2. The second-order valence-corrected chi connectivity index (χ2v) is 34.7. The number of anilines is 2. The van der Waals surface area contributed by atoms with Crippen LogP contribution in [0.15, 0.2) is 110 Å². The van der Waals surface area contributed by atoms with Crippen LogP contribution >= 0.6 is 23.2 Å². The lowest BCUT2D eigenvalue weighted by molar-refractivity contribution is -0.0996. The van der Waals surface area contributed by atoms with Gasteiger partial charge in [-0.2, -0.15) is 0 Å². The highest BCUT2D eigenvalue weighted by atomic mass is 35.5. The summed E-state index contributed by atoms with van der Waals surface area (Å²) >= 11 is 12.9. The van der Waals surface area contributed by atoms with Crippen molar-refractivity contribution in [2.45, 2.75) is 176 Å². The quantitative estimate of drug-likeness (QED) is 0.121. The number of hydrogen-bond acceptors (Lipinski definition) is 13. The number of benzene rings is 4. The van der Waals surface area contributed by atoms with Crippen LogP contribution in [0, 0.1) is 35.5 Å². The maximum absolute atomic E-state index is 13.9. The number of aromatic nitrogens is 4. The molecule has 2 amide bonds. The zero-order chi connectivity index (χ0) is 66.0. The van der Waals surface area contributed by atoms with Gasteiger partial charge in [-0.25, -0.2) is 27.3 Å². The molecule has 0 radical (unpaired) electrons. The Labute approximate surface area is 564 Å². The molecule has 17 nitrogen and oxygen atoms in total. The third kappa shape index (κ3) is 13.3. The van der Waals surface area contributed by atoms with Crippen LogP contribution in [-0.2, 0) is 56.5 Å². The first-order valence-corrected chi connectivity index (χ1v) is 38.2. The molecule has 8 aliphatic rings. The summed E-state index contributed by atoms with van der Waals surface area (Å²) < 4.78 is 63.1. The minimum Gasteiger partial charge on any atom is -0.490 e. The van der Waals surface area contributed by atoms with E-state index < -0.39 is 42.1 Å². The standard InChI is InChI=1S/C37H47ClN4O4S.C36H45ClN4O5S/c1-25-6-4-15-37(44,22-41-17-16-39-24-41)32-11-8-29(32)20-42-21-36(14-5-7-27-18-30(38)10-12-31(27)36)23-46-34-13-9-28(19-33(34)42)35(43)40-47(3,45)26(25)2;1-24-5-3-14-36(43,21-40-16-15-38-23-40)31-10-7-28(31)19-41-20-35(13-4-6-26-17-29(37)9-11-30(26)35)22-46-33-12-8-27(18-32(33)41)34(42)39-47(44,45)25(24)2/h9-10,12-13,16-19,24-26,29,32,44H,3-8,11,14-15,20-23H2,1-2H3,(H,40,43,45);8-9,11-12,15-18,23-25,28,31,43H,3-7,10,13-14,19-22H2,1-2H3,(H,39,42)/t25-,26+,29-,32+,36-,37-,47?;24-,25+,28-,31+,35-,36+/m00/s1. The van der Waals surface area contributed by atoms with E-state index in [1.54, 1.807) is 56.2 Å². The maximum Gasteiger partial charge on any atom is 0.264 e. The van der Waals surface area contributed by atoms with E-state index in [0.717, 1.165) is 117 Å². The number of imidazole rings is 2. The van der Waals surface area contributed by atoms with Crippen LogP contribution in [0.1, 0.15) is 161 Å². The summed E-state index contributed by atoms with van der Waals surface area (Å²) in [4.78, 5) is 40.4. The first-order valence-electron chi connectivity index (χ1n) is 34.1. The van der Waals surface area contributed by atoms with Crippen molar-refractivity contribution >= 4 is 72.0 Å². The van der Waals surface area contributed by atoms with Gasteiger partial charge in [-0.15, -0.1) is 0 Å². The zero-order valence-corrected chi connectivity index (χ0v) is 57.8. The van der Waals surface area contributed by atoms with Crippen LogP contribution in [0.4, 0.5) is 11.4 Å². The maximum atomic E-state index is 13.9. The molecule has 0 saturated heterocycles. The molecule has 6 heterocycles. The van der Waals surface area contributed by atoms with Crippen molar-refractivity contribution in [1.29, 1.82) is 0 Å². The van der Waals surface area contributed by atoms with Crippen LogP contribution in [0.25, 0.3) is 0 Å². The van der Waals surface area contributed by atoms with Crippen molar-refractivity contribution in [2.24, 2.45) is 35.5 Å². The zero-order valence-electron chi connectivity index (χ0n) is 54.7. The summed E-state index contributed by atoms with van der Waals surface area (Å²) in [6.07, 6.45) is 24.8. The van der Waals surface area contributed by atoms with Gasteiger partial charge >= 0.3 is 0 Å². The predicted molar refractivity (Wildman–Crippen MR) is 371 cm³/mol. The Bertz CT molecular complexity index is 3750. The molecule has 94 heavy (non-hydrogen) atoms. The minimum absolute atomic E-state index is 0.0447. The Morgan fingerprint density at radius 3 is 1.48 bits per heavy atom. The average molecular weight is 1360 g/mol. The normalized spacial score (nSPS) is 33.3. The van der Waals surface area contributed by atoms with Gasteiger partial charge in [0, 0.05) is 88.2 Å². The van der Waals surface area contributed by atoms with Crippen LogP contribution in [-0.4, -0.2) is 121 Å². The number of carbonyl (C=O) groups is 2. The van der Waals surface area contributed by atoms with Crippen LogP contribution < -0.4 is 28.7 Å². The lowest BCUT2D eigenvalue weighted by atomic mass is 9.62. The van der Waals surface area contributed by atoms with Crippen molar-refractivity contribution in [3.8, 4) is 11.5 Å². The van der Waals surface area contributed by atoms with Gasteiger partial charge < -0.3 is 38.6 Å². The molecule has 13 atom stereocenters. The van der Waals surface area contributed by atoms with Crippen LogP contribution in [0.5, 0.6) is 11.5 Å². The number of amides is 2. The smallest absolute Gasteiger partial charge is 0.264 e. The number of sulfonamides is 1. The first-order chi connectivity index (χ1) is 44.9. The molecule has 2 aromatic heterocycles. The van der Waals surface area contributed by atoms with Crippen molar-refractivity contribution in [2.75, 3.05) is 49.2 Å². The van der Waals surface area contributed by atoms with Gasteiger partial charge in [0.2, 0.25) is 10.0 Å². The summed E-state index contributed by atoms with van der Waals surface area (Å²) in [6, 6.07) is 23.2. The number of fused-ring (bicyclic) bond motifs is 8.